The molecule has 0 saturated heterocycles. The summed E-state index contributed by atoms with van der Waals surface area (Å²) in [7, 11) is 0. The van der Waals surface area contributed by atoms with E-state index in [9.17, 15) is 4.39 Å². The predicted molar refractivity (Wildman–Crippen MR) is 53.2 cm³/mol. The zero-order chi connectivity index (χ0) is 9.97. The molecule has 0 spiro atoms. The van der Waals surface area contributed by atoms with Gasteiger partial charge in [0.05, 0.1) is 12.7 Å². The van der Waals surface area contributed by atoms with Crippen molar-refractivity contribution in [2.75, 3.05) is 5.73 Å². The van der Waals surface area contributed by atoms with Crippen LogP contribution in [0.3, 0.4) is 0 Å². The van der Waals surface area contributed by atoms with Crippen molar-refractivity contribution in [1.82, 2.24) is 0 Å². The standard InChI is InChI=1S/C11H14FNO/c12-9-5-4-8(11(13)6-9)7-14-10-2-1-3-10/h4-6,10H,1-3,7,13H2. The minimum atomic E-state index is -0.296. The molecule has 0 unspecified atom stereocenters. The third kappa shape index (κ3) is 2.04. The van der Waals surface area contributed by atoms with Gasteiger partial charge in [-0.2, -0.15) is 0 Å². The van der Waals surface area contributed by atoms with E-state index in [4.69, 9.17) is 10.5 Å². The molecule has 1 aromatic carbocycles. The highest BCUT2D eigenvalue weighted by Crippen LogP contribution is 2.24. The Bertz CT molecular complexity index is 323. The third-order valence-electron chi connectivity index (χ3n) is 2.63. The van der Waals surface area contributed by atoms with Gasteiger partial charge in [0.1, 0.15) is 5.82 Å². The second kappa shape index (κ2) is 3.96. The highest BCUT2D eigenvalue weighted by molar-refractivity contribution is 5.46. The van der Waals surface area contributed by atoms with Crippen molar-refractivity contribution in [2.45, 2.75) is 32.0 Å². The Hall–Kier alpha value is -1.09. The van der Waals surface area contributed by atoms with Gasteiger partial charge in [0.2, 0.25) is 0 Å². The number of ether oxygens (including phenoxy) is 1. The van der Waals surface area contributed by atoms with Crippen LogP contribution in [0.2, 0.25) is 0 Å². The van der Waals surface area contributed by atoms with Gasteiger partial charge in [-0.05, 0) is 31.4 Å². The molecule has 2 N–H and O–H groups in total. The van der Waals surface area contributed by atoms with Gasteiger partial charge in [0, 0.05) is 11.3 Å². The normalized spacial score (nSPS) is 16.6. The Kier molecular flexibility index (Phi) is 2.68. The number of rotatable bonds is 3. The SMILES string of the molecule is Nc1cc(F)ccc1COC1CCC1. The van der Waals surface area contributed by atoms with E-state index in [0.717, 1.165) is 18.4 Å². The van der Waals surface area contributed by atoms with Gasteiger partial charge in [-0.25, -0.2) is 4.39 Å². The fourth-order valence-electron chi connectivity index (χ4n) is 1.44. The topological polar surface area (TPSA) is 35.2 Å². The first-order valence-electron chi connectivity index (χ1n) is 4.91. The highest BCUT2D eigenvalue weighted by Gasteiger charge is 2.17. The summed E-state index contributed by atoms with van der Waals surface area (Å²) in [6, 6.07) is 4.43. The molecule has 1 saturated carbocycles. The van der Waals surface area contributed by atoms with Crippen LogP contribution in [0.15, 0.2) is 18.2 Å². The molecule has 0 amide bonds. The Balaban J connectivity index is 1.94. The summed E-state index contributed by atoms with van der Waals surface area (Å²) in [5, 5.41) is 0. The number of nitrogen functional groups attached to an aromatic ring is 1. The minimum Gasteiger partial charge on any atom is -0.398 e. The molecule has 0 atom stereocenters. The summed E-state index contributed by atoms with van der Waals surface area (Å²) >= 11 is 0. The van der Waals surface area contributed by atoms with Gasteiger partial charge in [-0.3, -0.25) is 0 Å². The lowest BCUT2D eigenvalue weighted by molar-refractivity contribution is -0.00842. The number of nitrogens with two attached hydrogens (primary N) is 1. The third-order valence-corrected chi connectivity index (χ3v) is 2.63. The van der Waals surface area contributed by atoms with Gasteiger partial charge in [0.15, 0.2) is 0 Å². The van der Waals surface area contributed by atoms with E-state index < -0.39 is 0 Å². The number of hydrogen-bond donors (Lipinski definition) is 1. The molecule has 76 valence electrons. The fraction of sp³-hybridized carbons (Fsp3) is 0.455. The van der Waals surface area contributed by atoms with Crippen molar-refractivity contribution in [3.8, 4) is 0 Å². The molecule has 0 radical (unpaired) electrons. The van der Waals surface area contributed by atoms with Crippen LogP contribution in [0.1, 0.15) is 24.8 Å². The molecule has 0 aliphatic heterocycles. The maximum atomic E-state index is 12.7. The van der Waals surface area contributed by atoms with Crippen molar-refractivity contribution in [2.24, 2.45) is 0 Å². The predicted octanol–water partition coefficient (Wildman–Crippen LogP) is 2.48. The van der Waals surface area contributed by atoms with E-state index in [2.05, 4.69) is 0 Å². The molecule has 1 aromatic rings. The van der Waals surface area contributed by atoms with Crippen molar-refractivity contribution in [3.05, 3.63) is 29.6 Å². The van der Waals surface area contributed by atoms with Crippen molar-refractivity contribution in [3.63, 3.8) is 0 Å². The smallest absolute Gasteiger partial charge is 0.125 e. The van der Waals surface area contributed by atoms with Crippen LogP contribution < -0.4 is 5.73 Å². The van der Waals surface area contributed by atoms with Gasteiger partial charge >= 0.3 is 0 Å². The lowest BCUT2D eigenvalue weighted by atomic mass is 9.96. The van der Waals surface area contributed by atoms with E-state index in [1.165, 1.54) is 18.6 Å². The summed E-state index contributed by atoms with van der Waals surface area (Å²) in [6.45, 7) is 0.497. The van der Waals surface area contributed by atoms with Crippen LogP contribution in [0.4, 0.5) is 10.1 Å². The molecule has 1 aliphatic carbocycles. The zero-order valence-electron chi connectivity index (χ0n) is 8.00. The molecule has 2 nitrogen and oxygen atoms in total. The van der Waals surface area contributed by atoms with Crippen LogP contribution in [-0.2, 0) is 11.3 Å². The lowest BCUT2D eigenvalue weighted by Crippen LogP contribution is -2.21. The van der Waals surface area contributed by atoms with Crippen molar-refractivity contribution in [1.29, 1.82) is 0 Å². The zero-order valence-corrected chi connectivity index (χ0v) is 8.00. The van der Waals surface area contributed by atoms with E-state index in [1.807, 2.05) is 0 Å². The van der Waals surface area contributed by atoms with Crippen molar-refractivity contribution >= 4 is 5.69 Å². The molecular weight excluding hydrogens is 181 g/mol. The Morgan fingerprint density at radius 1 is 1.43 bits per heavy atom. The van der Waals surface area contributed by atoms with E-state index in [1.54, 1.807) is 6.07 Å². The fourth-order valence-corrected chi connectivity index (χ4v) is 1.44. The van der Waals surface area contributed by atoms with Crippen LogP contribution in [-0.4, -0.2) is 6.10 Å². The second-order valence-corrected chi connectivity index (χ2v) is 3.71. The summed E-state index contributed by atoms with van der Waals surface area (Å²) < 4.78 is 18.3. The van der Waals surface area contributed by atoms with Crippen LogP contribution in [0.5, 0.6) is 0 Å². The molecule has 1 fully saturated rings. The summed E-state index contributed by atoms with van der Waals surface area (Å²) in [4.78, 5) is 0. The molecule has 2 rings (SSSR count). The number of halogens is 1. The van der Waals surface area contributed by atoms with E-state index in [-0.39, 0.29) is 5.82 Å². The minimum absolute atomic E-state index is 0.296. The van der Waals surface area contributed by atoms with E-state index >= 15 is 0 Å². The molecule has 14 heavy (non-hydrogen) atoms. The van der Waals surface area contributed by atoms with Gasteiger partial charge < -0.3 is 10.5 Å². The maximum absolute atomic E-state index is 12.7. The van der Waals surface area contributed by atoms with Gasteiger partial charge in [-0.1, -0.05) is 6.07 Å². The quantitative estimate of drug-likeness (QED) is 0.752. The number of hydrogen-bond acceptors (Lipinski definition) is 2. The molecule has 0 bridgehead atoms. The Morgan fingerprint density at radius 3 is 2.79 bits per heavy atom. The molecule has 0 aromatic heterocycles. The summed E-state index contributed by atoms with van der Waals surface area (Å²) in [5.41, 5.74) is 7.00. The monoisotopic (exact) mass is 195 g/mol. The lowest BCUT2D eigenvalue weighted by Gasteiger charge is -2.25. The molecule has 1 aliphatic rings. The highest BCUT2D eigenvalue weighted by atomic mass is 19.1. The second-order valence-electron chi connectivity index (χ2n) is 3.71. The Morgan fingerprint density at radius 2 is 2.21 bits per heavy atom. The van der Waals surface area contributed by atoms with Crippen LogP contribution >= 0.6 is 0 Å². The molecular formula is C11H14FNO. The van der Waals surface area contributed by atoms with E-state index in [0.29, 0.717) is 18.4 Å². The summed E-state index contributed by atoms with van der Waals surface area (Å²) in [6.07, 6.45) is 3.92. The summed E-state index contributed by atoms with van der Waals surface area (Å²) in [5.74, 6) is -0.296. The largest absolute Gasteiger partial charge is 0.398 e. The van der Waals surface area contributed by atoms with Crippen molar-refractivity contribution < 1.29 is 9.13 Å². The first-order chi connectivity index (χ1) is 6.75. The molecule has 0 heterocycles. The first-order valence-corrected chi connectivity index (χ1v) is 4.91. The molecule has 3 heteroatoms. The first kappa shape index (κ1) is 9.46. The van der Waals surface area contributed by atoms with Crippen LogP contribution in [0.25, 0.3) is 0 Å². The van der Waals surface area contributed by atoms with Gasteiger partial charge in [0.25, 0.3) is 0 Å². The van der Waals surface area contributed by atoms with Gasteiger partial charge in [-0.15, -0.1) is 0 Å². The number of benzene rings is 1. The van der Waals surface area contributed by atoms with Crippen LogP contribution in [0, 0.1) is 5.82 Å². The Labute approximate surface area is 82.9 Å². The average Bonchev–Trinajstić information content (AvgIpc) is 2.05. The average molecular weight is 195 g/mol. The maximum Gasteiger partial charge on any atom is 0.125 e. The number of anilines is 1.